The van der Waals surface area contributed by atoms with Gasteiger partial charge in [-0.3, -0.25) is 4.79 Å². The Morgan fingerprint density at radius 3 is 2.55 bits per heavy atom. The van der Waals surface area contributed by atoms with Crippen molar-refractivity contribution in [2.24, 2.45) is 17.6 Å². The summed E-state index contributed by atoms with van der Waals surface area (Å²) in [6.45, 7) is 4.00. The Morgan fingerprint density at radius 2 is 2.05 bits per heavy atom. The number of ether oxygens (including phenoxy) is 1. The van der Waals surface area contributed by atoms with Gasteiger partial charge in [-0.05, 0) is 24.1 Å². The van der Waals surface area contributed by atoms with Gasteiger partial charge < -0.3 is 15.8 Å². The van der Waals surface area contributed by atoms with E-state index in [-0.39, 0.29) is 29.9 Å². The highest BCUT2D eigenvalue weighted by atomic mass is 19.1. The highest BCUT2D eigenvalue weighted by Gasteiger charge is 2.21. The molecule has 0 aliphatic carbocycles. The second-order valence-electron chi connectivity index (χ2n) is 4.76. The number of hydrogen-bond donors (Lipinski definition) is 2. The first-order valence-corrected chi connectivity index (χ1v) is 6.29. The summed E-state index contributed by atoms with van der Waals surface area (Å²) < 4.78 is 17.9. The minimum absolute atomic E-state index is 0.0838. The molecule has 0 aromatic heterocycles. The molecular weight excluding hydrogens is 263 g/mol. The van der Waals surface area contributed by atoms with Crippen molar-refractivity contribution in [2.45, 2.75) is 13.8 Å². The first-order chi connectivity index (χ1) is 9.40. The molecule has 110 valence electrons. The van der Waals surface area contributed by atoms with Crippen LogP contribution in [0.4, 0.5) is 10.1 Å². The molecule has 20 heavy (non-hydrogen) atoms. The summed E-state index contributed by atoms with van der Waals surface area (Å²) in [5, 5.41) is 2.63. The average Bonchev–Trinajstić information content (AvgIpc) is 2.40. The smallest absolute Gasteiger partial charge is 0.340 e. The van der Waals surface area contributed by atoms with Gasteiger partial charge in [0.05, 0.1) is 18.6 Å². The second kappa shape index (κ2) is 7.00. The Labute approximate surface area is 117 Å². The number of carbonyl (C=O) groups excluding carboxylic acids is 2. The Hall–Kier alpha value is -1.95. The minimum atomic E-state index is -0.794. The van der Waals surface area contributed by atoms with Crippen molar-refractivity contribution in [2.75, 3.05) is 19.0 Å². The molecule has 1 rings (SSSR count). The zero-order valence-corrected chi connectivity index (χ0v) is 11.8. The zero-order valence-electron chi connectivity index (χ0n) is 11.8. The number of carbonyl (C=O) groups is 2. The number of benzene rings is 1. The van der Waals surface area contributed by atoms with Crippen LogP contribution in [0.3, 0.4) is 0 Å². The molecule has 0 spiro atoms. The predicted molar refractivity (Wildman–Crippen MR) is 73.8 cm³/mol. The van der Waals surface area contributed by atoms with Crippen molar-refractivity contribution in [3.63, 3.8) is 0 Å². The van der Waals surface area contributed by atoms with E-state index in [1.165, 1.54) is 12.1 Å². The van der Waals surface area contributed by atoms with Crippen LogP contribution in [-0.4, -0.2) is 25.5 Å². The maximum Gasteiger partial charge on any atom is 0.340 e. The predicted octanol–water partition coefficient (Wildman–Crippen LogP) is 1.78. The third-order valence-corrected chi connectivity index (χ3v) is 3.03. The first kappa shape index (κ1) is 16.1. The highest BCUT2D eigenvalue weighted by molar-refractivity contribution is 5.95. The van der Waals surface area contributed by atoms with E-state index in [9.17, 15) is 14.0 Å². The minimum Gasteiger partial charge on any atom is -0.465 e. The number of esters is 1. The van der Waals surface area contributed by atoms with Crippen LogP contribution in [0.15, 0.2) is 18.2 Å². The summed E-state index contributed by atoms with van der Waals surface area (Å²) >= 11 is 0. The molecule has 0 aliphatic heterocycles. The lowest BCUT2D eigenvalue weighted by Gasteiger charge is -2.18. The highest BCUT2D eigenvalue weighted by Crippen LogP contribution is 2.18. The fourth-order valence-corrected chi connectivity index (χ4v) is 1.79. The van der Waals surface area contributed by atoms with E-state index < -0.39 is 11.8 Å². The van der Waals surface area contributed by atoms with Crippen LogP contribution in [0.5, 0.6) is 0 Å². The molecule has 0 saturated heterocycles. The summed E-state index contributed by atoms with van der Waals surface area (Å²) in [5.41, 5.74) is 5.66. The van der Waals surface area contributed by atoms with Gasteiger partial charge in [0.2, 0.25) is 5.91 Å². The molecule has 1 aromatic carbocycles. The van der Waals surface area contributed by atoms with Crippen molar-refractivity contribution in [1.29, 1.82) is 0 Å². The van der Waals surface area contributed by atoms with E-state index in [0.29, 0.717) is 5.69 Å². The number of halogens is 1. The summed E-state index contributed by atoms with van der Waals surface area (Å²) in [5.74, 6) is -2.01. The molecule has 0 bridgehead atoms. The van der Waals surface area contributed by atoms with E-state index in [0.717, 1.165) is 13.2 Å². The summed E-state index contributed by atoms with van der Waals surface area (Å²) in [6.07, 6.45) is 0. The van der Waals surface area contributed by atoms with Crippen molar-refractivity contribution < 1.29 is 18.7 Å². The summed E-state index contributed by atoms with van der Waals surface area (Å²) in [7, 11) is 1.16. The fourth-order valence-electron chi connectivity index (χ4n) is 1.79. The van der Waals surface area contributed by atoms with E-state index in [4.69, 9.17) is 5.73 Å². The van der Waals surface area contributed by atoms with Crippen molar-refractivity contribution in [3.8, 4) is 0 Å². The summed E-state index contributed by atoms with van der Waals surface area (Å²) in [6, 6.07) is 3.73. The van der Waals surface area contributed by atoms with Gasteiger partial charge in [-0.15, -0.1) is 0 Å². The van der Waals surface area contributed by atoms with Crippen LogP contribution >= 0.6 is 0 Å². The molecule has 0 radical (unpaired) electrons. The van der Waals surface area contributed by atoms with Crippen molar-refractivity contribution in [3.05, 3.63) is 29.6 Å². The van der Waals surface area contributed by atoms with Gasteiger partial charge in [0.1, 0.15) is 5.82 Å². The van der Waals surface area contributed by atoms with E-state index in [1.807, 2.05) is 13.8 Å². The Balaban J connectivity index is 2.93. The summed E-state index contributed by atoms with van der Waals surface area (Å²) in [4.78, 5) is 23.4. The lowest BCUT2D eigenvalue weighted by Crippen LogP contribution is -2.33. The molecule has 1 unspecified atom stereocenters. The van der Waals surface area contributed by atoms with Gasteiger partial charge >= 0.3 is 5.97 Å². The molecule has 3 N–H and O–H groups in total. The molecular formula is C14H19FN2O3. The third-order valence-electron chi connectivity index (χ3n) is 3.03. The van der Waals surface area contributed by atoms with Crippen LogP contribution in [0.2, 0.25) is 0 Å². The Bertz CT molecular complexity index is 503. The van der Waals surface area contributed by atoms with Crippen LogP contribution in [0, 0.1) is 17.7 Å². The van der Waals surface area contributed by atoms with Crippen molar-refractivity contribution in [1.82, 2.24) is 0 Å². The molecule has 1 atom stereocenters. The van der Waals surface area contributed by atoms with Gasteiger partial charge in [0, 0.05) is 12.2 Å². The molecule has 0 aliphatic rings. The number of nitrogens with one attached hydrogen (secondary N) is 1. The lowest BCUT2D eigenvalue weighted by atomic mass is 9.95. The zero-order chi connectivity index (χ0) is 15.3. The number of methoxy groups -OCH3 is 1. The number of amides is 1. The maximum atomic E-state index is 13.5. The lowest BCUT2D eigenvalue weighted by molar-refractivity contribution is -0.120. The van der Waals surface area contributed by atoms with E-state index >= 15 is 0 Å². The van der Waals surface area contributed by atoms with Gasteiger partial charge in [-0.2, -0.15) is 0 Å². The average molecular weight is 282 g/mol. The number of hydrogen-bond acceptors (Lipinski definition) is 4. The monoisotopic (exact) mass is 282 g/mol. The number of rotatable bonds is 5. The molecule has 0 fully saturated rings. The molecule has 6 heteroatoms. The van der Waals surface area contributed by atoms with Crippen LogP contribution in [-0.2, 0) is 9.53 Å². The van der Waals surface area contributed by atoms with Crippen molar-refractivity contribution >= 4 is 17.6 Å². The molecule has 0 heterocycles. The molecule has 5 nitrogen and oxygen atoms in total. The number of nitrogens with two attached hydrogens (primary N) is 1. The maximum absolute atomic E-state index is 13.5. The molecule has 0 saturated carbocycles. The standard InChI is InChI=1S/C14H19FN2O3/c1-8(2)11(7-16)13(18)17-9-4-5-12(15)10(6-9)14(19)20-3/h4-6,8,11H,7,16H2,1-3H3,(H,17,18). The Kier molecular flexibility index (Phi) is 5.64. The third kappa shape index (κ3) is 3.77. The van der Waals surface area contributed by atoms with Gasteiger partial charge in [0.15, 0.2) is 0 Å². The SMILES string of the molecule is COC(=O)c1cc(NC(=O)C(CN)C(C)C)ccc1F. The fraction of sp³-hybridized carbons (Fsp3) is 0.429. The quantitative estimate of drug-likeness (QED) is 0.807. The largest absolute Gasteiger partial charge is 0.465 e. The van der Waals surface area contributed by atoms with Gasteiger partial charge in [-0.1, -0.05) is 13.8 Å². The van der Waals surface area contributed by atoms with Crippen LogP contribution in [0.25, 0.3) is 0 Å². The van der Waals surface area contributed by atoms with Crippen LogP contribution in [0.1, 0.15) is 24.2 Å². The van der Waals surface area contributed by atoms with Gasteiger partial charge in [0.25, 0.3) is 0 Å². The first-order valence-electron chi connectivity index (χ1n) is 6.29. The molecule has 1 aromatic rings. The van der Waals surface area contributed by atoms with Gasteiger partial charge in [-0.25, -0.2) is 9.18 Å². The van der Waals surface area contributed by atoms with E-state index in [2.05, 4.69) is 10.1 Å². The Morgan fingerprint density at radius 1 is 1.40 bits per heavy atom. The topological polar surface area (TPSA) is 81.4 Å². The molecule has 1 amide bonds. The van der Waals surface area contributed by atoms with Crippen LogP contribution < -0.4 is 11.1 Å². The van der Waals surface area contributed by atoms with E-state index in [1.54, 1.807) is 0 Å². The normalized spacial score (nSPS) is 12.1. The number of anilines is 1. The second-order valence-corrected chi connectivity index (χ2v) is 4.76.